The molecule has 1 aliphatic heterocycles. The van der Waals surface area contributed by atoms with Crippen LogP contribution in [0.3, 0.4) is 0 Å². The number of aliphatic imine (C=N–C) groups is 1. The molecule has 7 heteroatoms. The predicted octanol–water partition coefficient (Wildman–Crippen LogP) is 3.21. The number of hydrogen-bond acceptors (Lipinski definition) is 3. The van der Waals surface area contributed by atoms with E-state index in [4.69, 9.17) is 0 Å². The number of nitrogens with one attached hydrogen (secondary N) is 3. The fourth-order valence-corrected chi connectivity index (χ4v) is 3.56. The third kappa shape index (κ3) is 6.57. The zero-order valence-corrected chi connectivity index (χ0v) is 19.0. The van der Waals surface area contributed by atoms with E-state index in [9.17, 15) is 9.59 Å². The lowest BCUT2D eigenvalue weighted by Gasteiger charge is -2.16. The minimum absolute atomic E-state index is 0.0319. The van der Waals surface area contributed by atoms with Crippen molar-refractivity contribution in [1.82, 2.24) is 16.0 Å². The molecule has 0 aromatic heterocycles. The number of rotatable bonds is 9. The molecule has 0 radical (unpaired) electrons. The van der Waals surface area contributed by atoms with Gasteiger partial charge >= 0.3 is 0 Å². The number of unbranched alkanes of at least 4 members (excludes halogenated alkanes) is 1. The highest BCUT2D eigenvalue weighted by Crippen LogP contribution is 2.21. The molecule has 1 fully saturated rings. The van der Waals surface area contributed by atoms with Gasteiger partial charge < -0.3 is 20.9 Å². The maximum absolute atomic E-state index is 12.1. The standard InChI is InChI=1S/C25H33N5O2/c1-3-4-15-27-24(32)21-11-7-19(8-12-21)17-28-25(26-2)29-18-20-9-13-22(14-10-20)30-16-5-6-23(30)31/h7-14H,3-6,15-18H2,1-2H3,(H,27,32)(H2,26,28,29). The number of hydrogen-bond donors (Lipinski definition) is 3. The summed E-state index contributed by atoms with van der Waals surface area (Å²) in [4.78, 5) is 30.1. The van der Waals surface area contributed by atoms with Crippen molar-refractivity contribution in [3.05, 3.63) is 65.2 Å². The van der Waals surface area contributed by atoms with Crippen LogP contribution in [0.25, 0.3) is 0 Å². The van der Waals surface area contributed by atoms with E-state index in [1.165, 1.54) is 0 Å². The van der Waals surface area contributed by atoms with Crippen LogP contribution in [0, 0.1) is 0 Å². The van der Waals surface area contributed by atoms with Crippen LogP contribution < -0.4 is 20.9 Å². The van der Waals surface area contributed by atoms with Gasteiger partial charge in [0.05, 0.1) is 0 Å². The van der Waals surface area contributed by atoms with E-state index in [0.717, 1.165) is 42.6 Å². The fourth-order valence-electron chi connectivity index (χ4n) is 3.56. The minimum Gasteiger partial charge on any atom is -0.352 e. The van der Waals surface area contributed by atoms with Crippen LogP contribution in [0.1, 0.15) is 54.1 Å². The summed E-state index contributed by atoms with van der Waals surface area (Å²) in [5.74, 6) is 0.867. The Morgan fingerprint density at radius 3 is 2.12 bits per heavy atom. The van der Waals surface area contributed by atoms with E-state index in [0.29, 0.717) is 37.6 Å². The third-order valence-corrected chi connectivity index (χ3v) is 5.50. The summed E-state index contributed by atoms with van der Waals surface area (Å²) in [7, 11) is 1.74. The second kappa shape index (κ2) is 11.9. The maximum Gasteiger partial charge on any atom is 0.251 e. The number of anilines is 1. The molecule has 0 saturated carbocycles. The predicted molar refractivity (Wildman–Crippen MR) is 129 cm³/mol. The SMILES string of the molecule is CCCCNC(=O)c1ccc(CNC(=NC)NCc2ccc(N3CCCC3=O)cc2)cc1. The van der Waals surface area contributed by atoms with Gasteiger partial charge in [-0.05, 0) is 48.2 Å². The summed E-state index contributed by atoms with van der Waals surface area (Å²) in [6.07, 6.45) is 3.62. The lowest BCUT2D eigenvalue weighted by Crippen LogP contribution is -2.36. The van der Waals surface area contributed by atoms with Crippen molar-refractivity contribution in [2.75, 3.05) is 25.0 Å². The highest BCUT2D eigenvalue weighted by Gasteiger charge is 2.21. The molecule has 7 nitrogen and oxygen atoms in total. The van der Waals surface area contributed by atoms with Crippen LogP contribution >= 0.6 is 0 Å². The number of carbonyl (C=O) groups excluding carboxylic acids is 2. The van der Waals surface area contributed by atoms with Crippen molar-refractivity contribution in [1.29, 1.82) is 0 Å². The summed E-state index contributed by atoms with van der Waals surface area (Å²) in [5, 5.41) is 9.53. The van der Waals surface area contributed by atoms with Crippen molar-refractivity contribution in [3.63, 3.8) is 0 Å². The van der Waals surface area contributed by atoms with Crippen LogP contribution in [0.4, 0.5) is 5.69 Å². The Balaban J connectivity index is 1.44. The first-order valence-corrected chi connectivity index (χ1v) is 11.3. The Labute approximate surface area is 190 Å². The summed E-state index contributed by atoms with van der Waals surface area (Å²) >= 11 is 0. The molecule has 2 aromatic rings. The van der Waals surface area contributed by atoms with Gasteiger partial charge in [0, 0.05) is 50.9 Å². The fraction of sp³-hybridized carbons (Fsp3) is 0.400. The van der Waals surface area contributed by atoms with Crippen LogP contribution in [0.15, 0.2) is 53.5 Å². The first-order chi connectivity index (χ1) is 15.6. The number of nitrogens with zero attached hydrogens (tertiary/aromatic N) is 2. The van der Waals surface area contributed by atoms with Gasteiger partial charge in [-0.1, -0.05) is 37.6 Å². The Kier molecular flexibility index (Phi) is 8.66. The van der Waals surface area contributed by atoms with Gasteiger partial charge in [-0.25, -0.2) is 0 Å². The largest absolute Gasteiger partial charge is 0.352 e. The highest BCUT2D eigenvalue weighted by atomic mass is 16.2. The molecule has 32 heavy (non-hydrogen) atoms. The Hall–Kier alpha value is -3.35. The van der Waals surface area contributed by atoms with E-state index in [-0.39, 0.29) is 11.8 Å². The van der Waals surface area contributed by atoms with Gasteiger partial charge in [-0.3, -0.25) is 14.6 Å². The van der Waals surface area contributed by atoms with E-state index < -0.39 is 0 Å². The van der Waals surface area contributed by atoms with Gasteiger partial charge in [0.15, 0.2) is 5.96 Å². The van der Waals surface area contributed by atoms with Crippen LogP contribution in [-0.2, 0) is 17.9 Å². The van der Waals surface area contributed by atoms with Crippen LogP contribution in [0.5, 0.6) is 0 Å². The van der Waals surface area contributed by atoms with Crippen molar-refractivity contribution < 1.29 is 9.59 Å². The van der Waals surface area contributed by atoms with Gasteiger partial charge in [-0.15, -0.1) is 0 Å². The molecule has 2 amide bonds. The summed E-state index contributed by atoms with van der Waals surface area (Å²) in [6, 6.07) is 15.7. The summed E-state index contributed by atoms with van der Waals surface area (Å²) in [6.45, 7) is 4.85. The minimum atomic E-state index is -0.0319. The monoisotopic (exact) mass is 435 g/mol. The third-order valence-electron chi connectivity index (χ3n) is 5.50. The summed E-state index contributed by atoms with van der Waals surface area (Å²) in [5.41, 5.74) is 3.81. The Bertz CT molecular complexity index is 922. The quantitative estimate of drug-likeness (QED) is 0.321. The van der Waals surface area contributed by atoms with Gasteiger partial charge in [0.2, 0.25) is 5.91 Å². The molecule has 170 valence electrons. The number of guanidine groups is 1. The Morgan fingerprint density at radius 1 is 0.969 bits per heavy atom. The Morgan fingerprint density at radius 2 is 1.59 bits per heavy atom. The van der Waals surface area contributed by atoms with Crippen LogP contribution in [0.2, 0.25) is 0 Å². The van der Waals surface area contributed by atoms with Crippen LogP contribution in [-0.4, -0.2) is 37.9 Å². The molecule has 3 rings (SSSR count). The average molecular weight is 436 g/mol. The van der Waals surface area contributed by atoms with Gasteiger partial charge in [0.1, 0.15) is 0 Å². The normalized spacial score (nSPS) is 13.9. The second-order valence-corrected chi connectivity index (χ2v) is 7.90. The van der Waals surface area contributed by atoms with E-state index in [2.05, 4.69) is 27.9 Å². The molecule has 0 unspecified atom stereocenters. The number of amides is 2. The lowest BCUT2D eigenvalue weighted by atomic mass is 10.1. The molecule has 3 N–H and O–H groups in total. The molecule has 1 aliphatic rings. The lowest BCUT2D eigenvalue weighted by molar-refractivity contribution is -0.117. The number of carbonyl (C=O) groups is 2. The zero-order valence-electron chi connectivity index (χ0n) is 19.0. The zero-order chi connectivity index (χ0) is 22.8. The maximum atomic E-state index is 12.1. The van der Waals surface area contributed by atoms with Crippen molar-refractivity contribution in [3.8, 4) is 0 Å². The van der Waals surface area contributed by atoms with Crippen molar-refractivity contribution >= 4 is 23.5 Å². The molecule has 0 atom stereocenters. The van der Waals surface area contributed by atoms with E-state index in [1.807, 2.05) is 53.4 Å². The first kappa shape index (κ1) is 23.3. The van der Waals surface area contributed by atoms with Crippen molar-refractivity contribution in [2.45, 2.75) is 45.7 Å². The van der Waals surface area contributed by atoms with Crippen molar-refractivity contribution in [2.24, 2.45) is 4.99 Å². The topological polar surface area (TPSA) is 85.8 Å². The smallest absolute Gasteiger partial charge is 0.251 e. The molecular formula is C25H33N5O2. The van der Waals surface area contributed by atoms with Gasteiger partial charge in [0.25, 0.3) is 5.91 Å². The first-order valence-electron chi connectivity index (χ1n) is 11.3. The molecule has 1 saturated heterocycles. The molecule has 0 bridgehead atoms. The average Bonchev–Trinajstić information content (AvgIpc) is 3.26. The molecule has 0 aliphatic carbocycles. The molecule has 1 heterocycles. The molecule has 2 aromatic carbocycles. The van der Waals surface area contributed by atoms with E-state index in [1.54, 1.807) is 7.05 Å². The van der Waals surface area contributed by atoms with E-state index >= 15 is 0 Å². The molecular weight excluding hydrogens is 402 g/mol. The highest BCUT2D eigenvalue weighted by molar-refractivity contribution is 5.95. The summed E-state index contributed by atoms with van der Waals surface area (Å²) < 4.78 is 0. The molecule has 0 spiro atoms. The number of benzene rings is 2. The second-order valence-electron chi connectivity index (χ2n) is 7.90. The van der Waals surface area contributed by atoms with Gasteiger partial charge in [-0.2, -0.15) is 0 Å².